The van der Waals surface area contributed by atoms with Crippen molar-refractivity contribution in [2.24, 2.45) is 5.92 Å². The second kappa shape index (κ2) is 4.51. The van der Waals surface area contributed by atoms with Crippen molar-refractivity contribution in [2.75, 3.05) is 12.3 Å². The number of aromatic nitrogens is 2. The van der Waals surface area contributed by atoms with E-state index in [0.717, 1.165) is 24.2 Å². The van der Waals surface area contributed by atoms with Gasteiger partial charge in [-0.2, -0.15) is 4.31 Å². The molecule has 1 aromatic rings. The largest absolute Gasteiger partial charge is 0.374 e. The van der Waals surface area contributed by atoms with Crippen molar-refractivity contribution >= 4 is 26.5 Å². The van der Waals surface area contributed by atoms with Crippen molar-refractivity contribution < 1.29 is 8.42 Å². The number of sulfonamides is 1. The van der Waals surface area contributed by atoms with Gasteiger partial charge in [-0.25, -0.2) is 8.42 Å². The van der Waals surface area contributed by atoms with Gasteiger partial charge in [-0.05, 0) is 25.7 Å². The number of nitrogens with two attached hydrogens (primary N) is 1. The van der Waals surface area contributed by atoms with Gasteiger partial charge >= 0.3 is 0 Å². The van der Waals surface area contributed by atoms with Crippen LogP contribution < -0.4 is 5.73 Å². The van der Waals surface area contributed by atoms with E-state index in [2.05, 4.69) is 17.1 Å². The quantitative estimate of drug-likeness (QED) is 0.868. The lowest BCUT2D eigenvalue weighted by molar-refractivity contribution is 0.220. The molecule has 0 spiro atoms. The molecule has 1 fully saturated rings. The molecule has 17 heavy (non-hydrogen) atoms. The first-order valence-electron chi connectivity index (χ1n) is 5.52. The Labute approximate surface area is 105 Å². The summed E-state index contributed by atoms with van der Waals surface area (Å²) in [6, 6.07) is 0.00822. The third-order valence-electron chi connectivity index (χ3n) is 3.03. The highest BCUT2D eigenvalue weighted by atomic mass is 32.2. The molecule has 0 saturated carbocycles. The second-order valence-corrected chi connectivity index (χ2v) is 7.57. The van der Waals surface area contributed by atoms with Gasteiger partial charge in [0.2, 0.25) is 9.47 Å². The van der Waals surface area contributed by atoms with Crippen LogP contribution in [-0.4, -0.2) is 35.5 Å². The minimum atomic E-state index is -3.52. The Morgan fingerprint density at radius 2 is 2.12 bits per heavy atom. The van der Waals surface area contributed by atoms with Crippen LogP contribution in [-0.2, 0) is 10.0 Å². The smallest absolute Gasteiger partial charge is 0.272 e. The summed E-state index contributed by atoms with van der Waals surface area (Å²) < 4.78 is 26.1. The minimum Gasteiger partial charge on any atom is -0.374 e. The third-order valence-corrected chi connectivity index (χ3v) is 6.14. The molecule has 0 aliphatic carbocycles. The first-order chi connectivity index (χ1) is 7.91. The van der Waals surface area contributed by atoms with Crippen molar-refractivity contribution in [3.63, 3.8) is 0 Å². The topological polar surface area (TPSA) is 89.2 Å². The first kappa shape index (κ1) is 12.7. The van der Waals surface area contributed by atoms with E-state index in [1.807, 2.05) is 6.92 Å². The number of rotatable bonds is 2. The molecular weight excluding hydrogens is 260 g/mol. The van der Waals surface area contributed by atoms with Crippen LogP contribution in [0.3, 0.4) is 0 Å². The molecule has 2 atom stereocenters. The molecule has 1 aromatic heterocycles. The lowest BCUT2D eigenvalue weighted by atomic mass is 9.95. The van der Waals surface area contributed by atoms with Crippen LogP contribution in [0.4, 0.5) is 5.13 Å². The van der Waals surface area contributed by atoms with Crippen molar-refractivity contribution in [3.8, 4) is 0 Å². The molecule has 2 heterocycles. The molecule has 0 bridgehead atoms. The summed E-state index contributed by atoms with van der Waals surface area (Å²) in [5.74, 6) is 0.566. The first-order valence-corrected chi connectivity index (χ1v) is 7.77. The van der Waals surface area contributed by atoms with E-state index < -0.39 is 10.0 Å². The molecule has 1 saturated heterocycles. The maximum Gasteiger partial charge on any atom is 0.272 e. The maximum atomic E-state index is 12.3. The fourth-order valence-corrected chi connectivity index (χ4v) is 4.72. The van der Waals surface area contributed by atoms with Gasteiger partial charge in [-0.3, -0.25) is 0 Å². The highest BCUT2D eigenvalue weighted by Gasteiger charge is 2.35. The summed E-state index contributed by atoms with van der Waals surface area (Å²) in [5.41, 5.74) is 5.42. The SMILES string of the molecule is CC1CCN(S(=O)(=O)c2nnc(N)s2)C(C)C1. The van der Waals surface area contributed by atoms with Crippen molar-refractivity contribution in [1.82, 2.24) is 14.5 Å². The van der Waals surface area contributed by atoms with Crippen LogP contribution >= 0.6 is 11.3 Å². The van der Waals surface area contributed by atoms with Gasteiger partial charge in [0.05, 0.1) is 0 Å². The summed E-state index contributed by atoms with van der Waals surface area (Å²) in [5, 5.41) is 7.37. The Bertz CT molecular complexity index is 499. The van der Waals surface area contributed by atoms with E-state index in [1.165, 1.54) is 4.31 Å². The summed E-state index contributed by atoms with van der Waals surface area (Å²) in [6.45, 7) is 4.62. The average Bonchev–Trinajstić information content (AvgIpc) is 2.64. The zero-order valence-corrected chi connectivity index (χ0v) is 11.5. The van der Waals surface area contributed by atoms with Crippen LogP contribution in [0.5, 0.6) is 0 Å². The van der Waals surface area contributed by atoms with Crippen LogP contribution in [0.2, 0.25) is 0 Å². The normalized spacial score (nSPS) is 27.2. The highest BCUT2D eigenvalue weighted by Crippen LogP contribution is 2.29. The van der Waals surface area contributed by atoms with E-state index >= 15 is 0 Å². The van der Waals surface area contributed by atoms with Crippen LogP contribution in [0.25, 0.3) is 0 Å². The van der Waals surface area contributed by atoms with Gasteiger partial charge in [0, 0.05) is 12.6 Å². The zero-order chi connectivity index (χ0) is 12.6. The molecule has 0 amide bonds. The number of anilines is 1. The Morgan fingerprint density at radius 1 is 1.41 bits per heavy atom. The van der Waals surface area contributed by atoms with E-state index in [9.17, 15) is 8.42 Å². The fraction of sp³-hybridized carbons (Fsp3) is 0.778. The van der Waals surface area contributed by atoms with E-state index in [1.54, 1.807) is 0 Å². The number of hydrogen-bond donors (Lipinski definition) is 1. The Hall–Kier alpha value is -0.730. The summed E-state index contributed by atoms with van der Waals surface area (Å²) >= 11 is 0.917. The second-order valence-electron chi connectivity index (χ2n) is 4.50. The average molecular weight is 276 g/mol. The Morgan fingerprint density at radius 3 is 2.65 bits per heavy atom. The predicted molar refractivity (Wildman–Crippen MR) is 66.1 cm³/mol. The molecular formula is C9H16N4O2S2. The van der Waals surface area contributed by atoms with Gasteiger partial charge in [0.15, 0.2) is 0 Å². The Kier molecular flexibility index (Phi) is 3.37. The number of nitrogen functional groups attached to an aromatic ring is 1. The van der Waals surface area contributed by atoms with Crippen LogP contribution in [0.1, 0.15) is 26.7 Å². The van der Waals surface area contributed by atoms with E-state index in [-0.39, 0.29) is 15.5 Å². The highest BCUT2D eigenvalue weighted by molar-refractivity contribution is 7.91. The van der Waals surface area contributed by atoms with Gasteiger partial charge in [-0.15, -0.1) is 10.2 Å². The number of hydrogen-bond acceptors (Lipinski definition) is 6. The van der Waals surface area contributed by atoms with Gasteiger partial charge in [0.1, 0.15) is 0 Å². The molecule has 6 nitrogen and oxygen atoms in total. The molecule has 1 aliphatic rings. The van der Waals surface area contributed by atoms with Crippen LogP contribution in [0, 0.1) is 5.92 Å². The molecule has 8 heteroatoms. The predicted octanol–water partition coefficient (Wildman–Crippen LogP) is 0.929. The fourth-order valence-electron chi connectivity index (χ4n) is 2.17. The Balaban J connectivity index is 2.27. The van der Waals surface area contributed by atoms with Crippen LogP contribution in [0.15, 0.2) is 4.34 Å². The summed E-state index contributed by atoms with van der Waals surface area (Å²) in [6.07, 6.45) is 1.77. The molecule has 0 aromatic carbocycles. The van der Waals surface area contributed by atoms with E-state index in [4.69, 9.17) is 5.73 Å². The maximum absolute atomic E-state index is 12.3. The van der Waals surface area contributed by atoms with Crippen molar-refractivity contribution in [1.29, 1.82) is 0 Å². The monoisotopic (exact) mass is 276 g/mol. The summed E-state index contributed by atoms with van der Waals surface area (Å²) in [7, 11) is -3.52. The standard InChI is InChI=1S/C9H16N4O2S2/c1-6-3-4-13(7(2)5-6)17(14,15)9-12-11-8(10)16-9/h6-7H,3-5H2,1-2H3,(H2,10,11). The minimum absolute atomic E-state index is 0.00333. The van der Waals surface area contributed by atoms with E-state index in [0.29, 0.717) is 12.5 Å². The molecule has 2 rings (SSSR count). The van der Waals surface area contributed by atoms with Crippen molar-refractivity contribution in [2.45, 2.75) is 37.1 Å². The molecule has 2 unspecified atom stereocenters. The molecule has 96 valence electrons. The molecule has 2 N–H and O–H groups in total. The number of piperidine rings is 1. The number of nitrogens with zero attached hydrogens (tertiary/aromatic N) is 3. The summed E-state index contributed by atoms with van der Waals surface area (Å²) in [4.78, 5) is 0. The van der Waals surface area contributed by atoms with Crippen molar-refractivity contribution in [3.05, 3.63) is 0 Å². The molecule has 0 radical (unpaired) electrons. The van der Waals surface area contributed by atoms with Gasteiger partial charge < -0.3 is 5.73 Å². The lowest BCUT2D eigenvalue weighted by Gasteiger charge is -2.34. The van der Waals surface area contributed by atoms with Gasteiger partial charge in [-0.1, -0.05) is 18.3 Å². The lowest BCUT2D eigenvalue weighted by Crippen LogP contribution is -2.44. The third kappa shape index (κ3) is 2.43. The zero-order valence-electron chi connectivity index (χ0n) is 9.83. The van der Waals surface area contributed by atoms with Gasteiger partial charge in [0.25, 0.3) is 10.0 Å². The molecule has 1 aliphatic heterocycles.